The van der Waals surface area contributed by atoms with Crippen molar-refractivity contribution in [2.75, 3.05) is 6.54 Å². The fraction of sp³-hybridized carbons (Fsp3) is 0.368. The van der Waals surface area contributed by atoms with Gasteiger partial charge in [0.2, 0.25) is 0 Å². The molecule has 2 aromatic heterocycles. The van der Waals surface area contributed by atoms with Gasteiger partial charge in [0, 0.05) is 36.1 Å². The predicted octanol–water partition coefficient (Wildman–Crippen LogP) is 3.29. The molecule has 1 aliphatic heterocycles. The first-order valence-electron chi connectivity index (χ1n) is 8.51. The number of carbonyl (C=O) groups excluding carboxylic acids is 1. The molecule has 1 unspecified atom stereocenters. The minimum Gasteiger partial charge on any atom is -0.351 e. The summed E-state index contributed by atoms with van der Waals surface area (Å²) in [6, 6.07) is 8.07. The maximum Gasteiger partial charge on any atom is 0.267 e. The summed E-state index contributed by atoms with van der Waals surface area (Å²) in [4.78, 5) is 20.3. The minimum atomic E-state index is -0.0516. The van der Waals surface area contributed by atoms with Crippen LogP contribution in [0.1, 0.15) is 46.3 Å². The standard InChI is InChI=1S/C19H22N4O/c1-12-5-6-14-9-17(22-16(14)8-12)19(24)20-10-15-4-3-7-23-11-13(2)21-18(15)23/h5-6,8-9,11,15,22H,3-4,7,10H2,1-2H3,(H,20,24). The zero-order chi connectivity index (χ0) is 16.7. The van der Waals surface area contributed by atoms with Crippen LogP contribution in [0.25, 0.3) is 10.9 Å². The summed E-state index contributed by atoms with van der Waals surface area (Å²) in [7, 11) is 0. The highest BCUT2D eigenvalue weighted by atomic mass is 16.1. The third-order valence-electron chi connectivity index (χ3n) is 4.78. The lowest BCUT2D eigenvalue weighted by atomic mass is 9.99. The van der Waals surface area contributed by atoms with Crippen molar-refractivity contribution in [1.82, 2.24) is 19.9 Å². The van der Waals surface area contributed by atoms with E-state index in [0.717, 1.165) is 41.8 Å². The predicted molar refractivity (Wildman–Crippen MR) is 94.3 cm³/mol. The molecule has 1 aromatic carbocycles. The van der Waals surface area contributed by atoms with E-state index in [1.165, 1.54) is 5.56 Å². The number of aromatic amines is 1. The van der Waals surface area contributed by atoms with Crippen molar-refractivity contribution < 1.29 is 4.79 Å². The van der Waals surface area contributed by atoms with E-state index in [4.69, 9.17) is 0 Å². The van der Waals surface area contributed by atoms with E-state index in [-0.39, 0.29) is 5.91 Å². The normalized spacial score (nSPS) is 17.0. The van der Waals surface area contributed by atoms with Crippen LogP contribution in [0.2, 0.25) is 0 Å². The third-order valence-corrected chi connectivity index (χ3v) is 4.78. The first-order chi connectivity index (χ1) is 11.6. The van der Waals surface area contributed by atoms with Crippen LogP contribution in [-0.4, -0.2) is 27.0 Å². The number of amides is 1. The molecule has 0 fully saturated rings. The second kappa shape index (κ2) is 5.82. The Labute approximate surface area is 141 Å². The van der Waals surface area contributed by atoms with E-state index in [2.05, 4.69) is 38.2 Å². The number of nitrogens with zero attached hydrogens (tertiary/aromatic N) is 2. The lowest BCUT2D eigenvalue weighted by Gasteiger charge is -2.23. The minimum absolute atomic E-state index is 0.0516. The van der Waals surface area contributed by atoms with Crippen molar-refractivity contribution in [3.05, 3.63) is 53.2 Å². The molecule has 0 saturated heterocycles. The van der Waals surface area contributed by atoms with Gasteiger partial charge in [-0.15, -0.1) is 0 Å². The van der Waals surface area contributed by atoms with Gasteiger partial charge in [-0.1, -0.05) is 12.1 Å². The number of aryl methyl sites for hydroxylation is 3. The maximum absolute atomic E-state index is 12.5. The fourth-order valence-corrected chi connectivity index (χ4v) is 3.58. The molecule has 0 bridgehead atoms. The number of fused-ring (bicyclic) bond motifs is 2. The van der Waals surface area contributed by atoms with Crippen LogP contribution in [0.15, 0.2) is 30.5 Å². The van der Waals surface area contributed by atoms with Crippen molar-refractivity contribution in [2.45, 2.75) is 39.2 Å². The number of H-pyrrole nitrogens is 1. The lowest BCUT2D eigenvalue weighted by Crippen LogP contribution is -2.31. The number of benzene rings is 1. The molecular formula is C19H22N4O. The summed E-state index contributed by atoms with van der Waals surface area (Å²) in [5.74, 6) is 1.35. The quantitative estimate of drug-likeness (QED) is 0.777. The zero-order valence-electron chi connectivity index (χ0n) is 14.1. The summed E-state index contributed by atoms with van der Waals surface area (Å²) in [5, 5.41) is 4.14. The average molecular weight is 322 g/mol. The van der Waals surface area contributed by atoms with Crippen molar-refractivity contribution in [3.63, 3.8) is 0 Å². The summed E-state index contributed by atoms with van der Waals surface area (Å²) < 4.78 is 2.22. The molecule has 0 saturated carbocycles. The van der Waals surface area contributed by atoms with Gasteiger partial charge in [-0.2, -0.15) is 0 Å². The highest BCUT2D eigenvalue weighted by Crippen LogP contribution is 2.26. The van der Waals surface area contributed by atoms with Crippen LogP contribution < -0.4 is 5.32 Å². The highest BCUT2D eigenvalue weighted by Gasteiger charge is 2.23. The van der Waals surface area contributed by atoms with Crippen LogP contribution in [0, 0.1) is 13.8 Å². The number of rotatable bonds is 3. The second-order valence-corrected chi connectivity index (χ2v) is 6.76. The molecule has 5 heteroatoms. The highest BCUT2D eigenvalue weighted by molar-refractivity contribution is 5.98. The Morgan fingerprint density at radius 1 is 1.38 bits per heavy atom. The van der Waals surface area contributed by atoms with Gasteiger partial charge < -0.3 is 14.9 Å². The monoisotopic (exact) mass is 322 g/mol. The molecule has 124 valence electrons. The Hall–Kier alpha value is -2.56. The van der Waals surface area contributed by atoms with Gasteiger partial charge in [-0.25, -0.2) is 4.98 Å². The SMILES string of the molecule is Cc1ccc2cc(C(=O)NCC3CCCn4cc(C)nc43)[nH]c2c1. The van der Waals surface area contributed by atoms with Gasteiger partial charge in [0.05, 0.1) is 5.69 Å². The summed E-state index contributed by atoms with van der Waals surface area (Å²) in [5.41, 5.74) is 3.85. The first-order valence-corrected chi connectivity index (χ1v) is 8.51. The van der Waals surface area contributed by atoms with Crippen LogP contribution in [0.5, 0.6) is 0 Å². The average Bonchev–Trinajstić information content (AvgIpc) is 3.14. The Morgan fingerprint density at radius 2 is 2.25 bits per heavy atom. The Bertz CT molecular complexity index is 905. The second-order valence-electron chi connectivity index (χ2n) is 6.76. The van der Waals surface area contributed by atoms with Crippen molar-refractivity contribution >= 4 is 16.8 Å². The van der Waals surface area contributed by atoms with Gasteiger partial charge in [0.25, 0.3) is 5.91 Å². The number of nitrogens with one attached hydrogen (secondary N) is 2. The van der Waals surface area contributed by atoms with Gasteiger partial charge in [0.15, 0.2) is 0 Å². The van der Waals surface area contributed by atoms with E-state index < -0.39 is 0 Å². The van der Waals surface area contributed by atoms with E-state index >= 15 is 0 Å². The van der Waals surface area contributed by atoms with E-state index in [1.807, 2.05) is 26.0 Å². The number of imidazole rings is 1. The first kappa shape index (κ1) is 15.0. The lowest BCUT2D eigenvalue weighted by molar-refractivity contribution is 0.0945. The molecule has 3 heterocycles. The van der Waals surface area contributed by atoms with Gasteiger partial charge >= 0.3 is 0 Å². The molecule has 0 aliphatic carbocycles. The zero-order valence-corrected chi connectivity index (χ0v) is 14.1. The molecule has 0 radical (unpaired) electrons. The molecule has 1 atom stereocenters. The summed E-state index contributed by atoms with van der Waals surface area (Å²) in [6.45, 7) is 5.73. The number of hydrogen-bond donors (Lipinski definition) is 2. The number of aromatic nitrogens is 3. The third kappa shape index (κ3) is 2.70. The molecule has 24 heavy (non-hydrogen) atoms. The Kier molecular flexibility index (Phi) is 3.63. The maximum atomic E-state index is 12.5. The summed E-state index contributed by atoms with van der Waals surface area (Å²) in [6.07, 6.45) is 4.31. The van der Waals surface area contributed by atoms with Crippen molar-refractivity contribution in [1.29, 1.82) is 0 Å². The molecule has 0 spiro atoms. The van der Waals surface area contributed by atoms with Gasteiger partial charge in [-0.05, 0) is 44.4 Å². The van der Waals surface area contributed by atoms with Gasteiger partial charge in [-0.3, -0.25) is 4.79 Å². The smallest absolute Gasteiger partial charge is 0.267 e. The van der Waals surface area contributed by atoms with E-state index in [1.54, 1.807) is 0 Å². The molecule has 5 nitrogen and oxygen atoms in total. The van der Waals surface area contributed by atoms with Crippen molar-refractivity contribution in [3.8, 4) is 0 Å². The Balaban J connectivity index is 1.48. The summed E-state index contributed by atoms with van der Waals surface area (Å²) >= 11 is 0. The van der Waals surface area contributed by atoms with Gasteiger partial charge in [0.1, 0.15) is 11.5 Å². The largest absolute Gasteiger partial charge is 0.351 e. The molecular weight excluding hydrogens is 300 g/mol. The van der Waals surface area contributed by atoms with E-state index in [0.29, 0.717) is 18.2 Å². The molecule has 1 aliphatic rings. The molecule has 1 amide bonds. The molecule has 4 rings (SSSR count). The number of carbonyl (C=O) groups is 1. The van der Waals surface area contributed by atoms with Crippen LogP contribution in [-0.2, 0) is 6.54 Å². The van der Waals surface area contributed by atoms with E-state index in [9.17, 15) is 4.79 Å². The number of hydrogen-bond acceptors (Lipinski definition) is 2. The van der Waals surface area contributed by atoms with Crippen LogP contribution in [0.4, 0.5) is 0 Å². The fourth-order valence-electron chi connectivity index (χ4n) is 3.58. The van der Waals surface area contributed by atoms with Crippen LogP contribution >= 0.6 is 0 Å². The Morgan fingerprint density at radius 3 is 3.12 bits per heavy atom. The van der Waals surface area contributed by atoms with Crippen LogP contribution in [0.3, 0.4) is 0 Å². The molecule has 3 aromatic rings. The molecule has 2 N–H and O–H groups in total. The topological polar surface area (TPSA) is 62.7 Å². The van der Waals surface area contributed by atoms with Crippen molar-refractivity contribution in [2.24, 2.45) is 0 Å².